The van der Waals surface area contributed by atoms with Crippen LogP contribution in [0.4, 0.5) is 0 Å². The van der Waals surface area contributed by atoms with E-state index in [4.69, 9.17) is 11.5 Å². The fourth-order valence-electron chi connectivity index (χ4n) is 4.04. The molecule has 9 N–H and O–H groups in total. The van der Waals surface area contributed by atoms with E-state index in [-0.39, 0.29) is 25.2 Å². The van der Waals surface area contributed by atoms with Gasteiger partial charge in [0.2, 0.25) is 17.7 Å². The van der Waals surface area contributed by atoms with Crippen molar-refractivity contribution in [1.82, 2.24) is 25.9 Å². The number of carbonyl (C=O) groups is 4. The van der Waals surface area contributed by atoms with Gasteiger partial charge in [-0.1, -0.05) is 50.6 Å². The van der Waals surface area contributed by atoms with E-state index in [0.717, 1.165) is 12.0 Å². The third-order valence-electron chi connectivity index (χ3n) is 6.16. The van der Waals surface area contributed by atoms with Crippen molar-refractivity contribution in [3.05, 3.63) is 54.1 Å². The van der Waals surface area contributed by atoms with E-state index < -0.39 is 47.9 Å². The summed E-state index contributed by atoms with van der Waals surface area (Å²) in [6, 6.07) is 4.95. The van der Waals surface area contributed by atoms with Gasteiger partial charge < -0.3 is 37.5 Å². The van der Waals surface area contributed by atoms with Gasteiger partial charge in [-0.2, -0.15) is 0 Å². The monoisotopic (exact) mass is 543 g/mol. The summed E-state index contributed by atoms with van der Waals surface area (Å²) >= 11 is 0. The van der Waals surface area contributed by atoms with Crippen molar-refractivity contribution in [2.75, 3.05) is 6.54 Å². The number of benzene rings is 1. The van der Waals surface area contributed by atoms with E-state index in [1.54, 1.807) is 24.3 Å². The Bertz CT molecular complexity index is 1050. The molecule has 4 atom stereocenters. The minimum absolute atomic E-state index is 0.0247. The maximum Gasteiger partial charge on any atom is 0.326 e. The first-order chi connectivity index (χ1) is 18.6. The normalized spacial score (nSPS) is 14.2. The predicted molar refractivity (Wildman–Crippen MR) is 146 cm³/mol. The largest absolute Gasteiger partial charge is 0.480 e. The molecular formula is C27H41N7O5. The summed E-state index contributed by atoms with van der Waals surface area (Å²) in [6.45, 7) is 4.20. The Morgan fingerprint density at radius 3 is 2.10 bits per heavy atom. The van der Waals surface area contributed by atoms with Crippen molar-refractivity contribution in [2.45, 2.75) is 76.5 Å². The van der Waals surface area contributed by atoms with Crippen LogP contribution in [-0.2, 0) is 32.0 Å². The van der Waals surface area contributed by atoms with Crippen LogP contribution < -0.4 is 27.4 Å². The zero-order valence-electron chi connectivity index (χ0n) is 22.6. The van der Waals surface area contributed by atoms with Crippen molar-refractivity contribution < 1.29 is 24.3 Å². The lowest BCUT2D eigenvalue weighted by molar-refractivity contribution is -0.142. The smallest absolute Gasteiger partial charge is 0.326 e. The molecule has 3 amide bonds. The van der Waals surface area contributed by atoms with Gasteiger partial charge in [0.1, 0.15) is 18.1 Å². The molecule has 214 valence electrons. The summed E-state index contributed by atoms with van der Waals surface area (Å²) in [7, 11) is 0. The number of imidazole rings is 1. The molecule has 1 aromatic heterocycles. The highest BCUT2D eigenvalue weighted by molar-refractivity contribution is 5.94. The fraction of sp³-hybridized carbons (Fsp3) is 0.519. The molecule has 0 aliphatic carbocycles. The molecule has 12 nitrogen and oxygen atoms in total. The molecule has 4 unspecified atom stereocenters. The van der Waals surface area contributed by atoms with Gasteiger partial charge in [-0.25, -0.2) is 9.78 Å². The molecule has 0 saturated carbocycles. The molecule has 1 heterocycles. The van der Waals surface area contributed by atoms with E-state index in [0.29, 0.717) is 25.1 Å². The molecule has 0 radical (unpaired) electrons. The first-order valence-electron chi connectivity index (χ1n) is 13.2. The van der Waals surface area contributed by atoms with E-state index in [1.165, 1.54) is 12.5 Å². The molecule has 0 fully saturated rings. The maximum atomic E-state index is 13.5. The molecule has 2 aromatic rings. The van der Waals surface area contributed by atoms with E-state index in [9.17, 15) is 24.3 Å². The lowest BCUT2D eigenvalue weighted by Gasteiger charge is -2.25. The van der Waals surface area contributed by atoms with Crippen molar-refractivity contribution in [3.8, 4) is 0 Å². The number of carboxylic acids is 1. The number of aromatic nitrogens is 2. The first-order valence-corrected chi connectivity index (χ1v) is 13.2. The average Bonchev–Trinajstić information content (AvgIpc) is 3.41. The van der Waals surface area contributed by atoms with Gasteiger partial charge in [0.05, 0.1) is 12.4 Å². The second kappa shape index (κ2) is 16.2. The van der Waals surface area contributed by atoms with Gasteiger partial charge in [-0.3, -0.25) is 14.4 Å². The summed E-state index contributed by atoms with van der Waals surface area (Å²) in [5.74, 6) is -2.88. The Labute approximate surface area is 228 Å². The van der Waals surface area contributed by atoms with Crippen molar-refractivity contribution in [2.24, 2.45) is 17.4 Å². The molecule has 1 aromatic carbocycles. The number of hydrogen-bond acceptors (Lipinski definition) is 7. The first kappa shape index (κ1) is 31.4. The zero-order valence-corrected chi connectivity index (χ0v) is 22.6. The highest BCUT2D eigenvalue weighted by atomic mass is 16.4. The highest BCUT2D eigenvalue weighted by Crippen LogP contribution is 2.09. The molecule has 0 saturated heterocycles. The number of nitrogens with two attached hydrogens (primary N) is 2. The van der Waals surface area contributed by atoms with E-state index in [1.807, 2.05) is 19.9 Å². The minimum Gasteiger partial charge on any atom is -0.480 e. The van der Waals surface area contributed by atoms with Gasteiger partial charge in [0.25, 0.3) is 0 Å². The van der Waals surface area contributed by atoms with E-state index >= 15 is 0 Å². The Balaban J connectivity index is 2.23. The highest BCUT2D eigenvalue weighted by Gasteiger charge is 2.31. The van der Waals surface area contributed by atoms with Gasteiger partial charge in [-0.05, 0) is 37.3 Å². The number of H-pyrrole nitrogens is 1. The maximum absolute atomic E-state index is 13.5. The second-order valence-electron chi connectivity index (χ2n) is 10.0. The molecule has 2 rings (SSSR count). The third-order valence-corrected chi connectivity index (χ3v) is 6.16. The standard InChI is InChI=1S/C27H41N7O5/c1-17(2)12-23(27(38)39)34-25(36)21(13-18-8-4-3-5-9-18)33-26(37)22(14-19-15-30-16-31-19)32-24(35)20(29)10-6-7-11-28/h3-5,8-9,15-17,20-23H,6-7,10-14,28-29H2,1-2H3,(H,30,31)(H,32,35)(H,33,37)(H,34,36)(H,38,39). The topological polar surface area (TPSA) is 205 Å². The second-order valence-corrected chi connectivity index (χ2v) is 10.0. The Kier molecular flexibility index (Phi) is 13.1. The Morgan fingerprint density at radius 2 is 1.54 bits per heavy atom. The predicted octanol–water partition coefficient (Wildman–Crippen LogP) is 0.236. The van der Waals surface area contributed by atoms with Gasteiger partial charge in [-0.15, -0.1) is 0 Å². The number of hydrogen-bond donors (Lipinski definition) is 7. The molecule has 0 bridgehead atoms. The third kappa shape index (κ3) is 11.2. The van der Waals surface area contributed by atoms with Crippen LogP contribution in [-0.4, -0.2) is 69.5 Å². The van der Waals surface area contributed by atoms with Gasteiger partial charge in [0, 0.05) is 24.7 Å². The SMILES string of the molecule is CC(C)CC(NC(=O)C(Cc1ccccc1)NC(=O)C(Cc1cnc[nH]1)NC(=O)C(N)CCCCN)C(=O)O. The fourth-order valence-corrected chi connectivity index (χ4v) is 4.04. The number of aliphatic carboxylic acids is 1. The van der Waals surface area contributed by atoms with Crippen LogP contribution in [0, 0.1) is 5.92 Å². The van der Waals surface area contributed by atoms with Gasteiger partial charge in [0.15, 0.2) is 0 Å². The lowest BCUT2D eigenvalue weighted by Crippen LogP contribution is -2.58. The molecular weight excluding hydrogens is 502 g/mol. The van der Waals surface area contributed by atoms with Crippen LogP contribution in [0.3, 0.4) is 0 Å². The van der Waals surface area contributed by atoms with Crippen LogP contribution in [0.15, 0.2) is 42.9 Å². The summed E-state index contributed by atoms with van der Waals surface area (Å²) < 4.78 is 0. The lowest BCUT2D eigenvalue weighted by atomic mass is 10.0. The van der Waals surface area contributed by atoms with Crippen LogP contribution in [0.5, 0.6) is 0 Å². The van der Waals surface area contributed by atoms with Crippen LogP contribution in [0.2, 0.25) is 0 Å². The Morgan fingerprint density at radius 1 is 0.923 bits per heavy atom. The summed E-state index contributed by atoms with van der Waals surface area (Å²) in [4.78, 5) is 58.2. The number of amides is 3. The minimum atomic E-state index is -1.16. The zero-order chi connectivity index (χ0) is 28.8. The quantitative estimate of drug-likeness (QED) is 0.137. The number of carboxylic acid groups (broad SMARTS) is 1. The number of nitrogens with one attached hydrogen (secondary N) is 4. The van der Waals surface area contributed by atoms with Crippen LogP contribution in [0.1, 0.15) is 50.8 Å². The van der Waals surface area contributed by atoms with Gasteiger partial charge >= 0.3 is 5.97 Å². The number of aromatic amines is 1. The summed E-state index contributed by atoms with van der Waals surface area (Å²) in [6.07, 6.45) is 5.22. The van der Waals surface area contributed by atoms with E-state index in [2.05, 4.69) is 25.9 Å². The van der Waals surface area contributed by atoms with Crippen molar-refractivity contribution in [3.63, 3.8) is 0 Å². The molecule has 12 heteroatoms. The molecule has 39 heavy (non-hydrogen) atoms. The van der Waals surface area contributed by atoms with Crippen molar-refractivity contribution >= 4 is 23.7 Å². The van der Waals surface area contributed by atoms with Crippen molar-refractivity contribution in [1.29, 1.82) is 0 Å². The average molecular weight is 544 g/mol. The van der Waals surface area contributed by atoms with Crippen LogP contribution in [0.25, 0.3) is 0 Å². The molecule has 0 spiro atoms. The summed E-state index contributed by atoms with van der Waals surface area (Å²) in [5.41, 5.74) is 12.9. The summed E-state index contributed by atoms with van der Waals surface area (Å²) in [5, 5.41) is 17.6. The van der Waals surface area contributed by atoms with Crippen LogP contribution >= 0.6 is 0 Å². The number of carbonyl (C=O) groups excluding carboxylic acids is 3. The molecule has 0 aliphatic rings. The molecule has 0 aliphatic heterocycles. The number of unbranched alkanes of at least 4 members (excludes halogenated alkanes) is 1. The number of rotatable bonds is 17. The number of nitrogens with zero attached hydrogens (tertiary/aromatic N) is 1. The Hall–Kier alpha value is -3.77.